The molecule has 0 unspecified atom stereocenters. The van der Waals surface area contributed by atoms with Crippen molar-refractivity contribution in [2.75, 3.05) is 7.11 Å². The van der Waals surface area contributed by atoms with Gasteiger partial charge in [0.2, 0.25) is 0 Å². The third kappa shape index (κ3) is 2.94. The maximum atomic E-state index is 15.8. The van der Waals surface area contributed by atoms with Crippen molar-refractivity contribution in [1.29, 1.82) is 0 Å². The summed E-state index contributed by atoms with van der Waals surface area (Å²) < 4.78 is 38.3. The van der Waals surface area contributed by atoms with Gasteiger partial charge < -0.3 is 9.30 Å². The zero-order valence-electron chi connectivity index (χ0n) is 19.6. The summed E-state index contributed by atoms with van der Waals surface area (Å²) in [4.78, 5) is 13.9. The zero-order chi connectivity index (χ0) is 23.8. The minimum atomic E-state index is -0.587. The molecule has 3 aromatic rings. The Kier molecular flexibility index (Phi) is 4.75. The van der Waals surface area contributed by atoms with Crippen LogP contribution in [0, 0.1) is 17.6 Å². The van der Waals surface area contributed by atoms with E-state index in [0.717, 1.165) is 48.2 Å². The Morgan fingerprint density at radius 2 is 1.82 bits per heavy atom. The molecular formula is C28H28F2N2O2. The molecule has 4 aliphatic rings. The second-order valence-electron chi connectivity index (χ2n) is 10.3. The van der Waals surface area contributed by atoms with Crippen LogP contribution >= 0.6 is 0 Å². The van der Waals surface area contributed by atoms with E-state index in [4.69, 9.17) is 0 Å². The molecule has 176 valence electrons. The molecule has 7 rings (SSSR count). The standard InChI is InChI=1S/C28H28F2N2O2/c1-16-10-20-19-6-4-5-7-23(19)31(2)26(20)27(32(16)28-13-18(14-28)15-28)25-21(29)11-17(12-22(25)30)8-9-24(33)34-3/h4-9,11-12,16,18,27H,10,13-15H2,1-3H3/b9-8+/t16-,18?,27-,28?/m1/s1. The number of hydrogen-bond donors (Lipinski definition) is 0. The summed E-state index contributed by atoms with van der Waals surface area (Å²) in [7, 11) is 3.27. The van der Waals surface area contributed by atoms with Crippen LogP contribution in [0.5, 0.6) is 0 Å². The van der Waals surface area contributed by atoms with Gasteiger partial charge in [0.1, 0.15) is 11.6 Å². The van der Waals surface area contributed by atoms with Gasteiger partial charge in [-0.15, -0.1) is 0 Å². The first-order valence-corrected chi connectivity index (χ1v) is 11.9. The average Bonchev–Trinajstić information content (AvgIpc) is 3.03. The van der Waals surface area contributed by atoms with Crippen LogP contribution in [-0.4, -0.2) is 34.1 Å². The highest BCUT2D eigenvalue weighted by Crippen LogP contribution is 2.64. The van der Waals surface area contributed by atoms with Crippen LogP contribution in [0.1, 0.15) is 54.6 Å². The Bertz CT molecular complexity index is 1320. The minimum absolute atomic E-state index is 0.0330. The van der Waals surface area contributed by atoms with Gasteiger partial charge in [-0.25, -0.2) is 13.6 Å². The molecule has 3 fully saturated rings. The number of fused-ring (bicyclic) bond motifs is 3. The molecule has 0 saturated heterocycles. The van der Waals surface area contributed by atoms with Gasteiger partial charge in [0.15, 0.2) is 0 Å². The van der Waals surface area contributed by atoms with Gasteiger partial charge in [-0.1, -0.05) is 18.2 Å². The van der Waals surface area contributed by atoms with Crippen LogP contribution in [0.25, 0.3) is 17.0 Å². The number of para-hydroxylation sites is 1. The smallest absolute Gasteiger partial charge is 0.330 e. The Hall–Kier alpha value is -2.99. The van der Waals surface area contributed by atoms with E-state index in [1.54, 1.807) is 0 Å². The topological polar surface area (TPSA) is 34.5 Å². The molecule has 4 nitrogen and oxygen atoms in total. The highest BCUT2D eigenvalue weighted by Gasteiger charge is 2.63. The molecule has 3 aliphatic carbocycles. The van der Waals surface area contributed by atoms with E-state index in [1.807, 2.05) is 19.2 Å². The molecule has 0 spiro atoms. The average molecular weight is 463 g/mol. The third-order valence-electron chi connectivity index (χ3n) is 8.31. The number of methoxy groups -OCH3 is 1. The highest BCUT2D eigenvalue weighted by molar-refractivity contribution is 5.87. The lowest BCUT2D eigenvalue weighted by molar-refractivity contribution is -0.175. The fraction of sp³-hybridized carbons (Fsp3) is 0.393. The number of carbonyl (C=O) groups is 1. The molecule has 1 aromatic heterocycles. The number of esters is 1. The van der Waals surface area contributed by atoms with Gasteiger partial charge in [0.05, 0.1) is 13.2 Å². The number of nitrogens with zero attached hydrogens (tertiary/aromatic N) is 2. The summed E-state index contributed by atoms with van der Waals surface area (Å²) in [6.45, 7) is 2.20. The number of halogens is 2. The predicted molar refractivity (Wildman–Crippen MR) is 127 cm³/mol. The predicted octanol–water partition coefficient (Wildman–Crippen LogP) is 5.53. The van der Waals surface area contributed by atoms with E-state index in [-0.39, 0.29) is 17.1 Å². The molecule has 3 saturated carbocycles. The number of ether oxygens (including phenoxy) is 1. The molecule has 2 atom stereocenters. The molecule has 6 heteroatoms. The molecule has 0 N–H and O–H groups in total. The van der Waals surface area contributed by atoms with E-state index in [9.17, 15) is 4.79 Å². The van der Waals surface area contributed by atoms with Gasteiger partial charge in [-0.05, 0) is 73.9 Å². The second kappa shape index (κ2) is 7.51. The first-order chi connectivity index (χ1) is 16.3. The van der Waals surface area contributed by atoms with E-state index >= 15 is 8.78 Å². The van der Waals surface area contributed by atoms with Gasteiger partial charge in [-0.2, -0.15) is 0 Å². The van der Waals surface area contributed by atoms with E-state index in [1.165, 1.54) is 37.0 Å². The van der Waals surface area contributed by atoms with Crippen LogP contribution in [0.15, 0.2) is 42.5 Å². The van der Waals surface area contributed by atoms with Crippen molar-refractivity contribution in [1.82, 2.24) is 9.47 Å². The summed E-state index contributed by atoms with van der Waals surface area (Å²) in [5.41, 5.74) is 3.68. The third-order valence-corrected chi connectivity index (χ3v) is 8.31. The van der Waals surface area contributed by atoms with Crippen molar-refractivity contribution in [2.45, 2.75) is 50.2 Å². The summed E-state index contributed by atoms with van der Waals surface area (Å²) in [6.07, 6.45) is 6.74. The lowest BCUT2D eigenvalue weighted by atomic mass is 9.48. The van der Waals surface area contributed by atoms with Crippen molar-refractivity contribution in [3.63, 3.8) is 0 Å². The number of aromatic nitrogens is 1. The first kappa shape index (κ1) is 21.5. The van der Waals surface area contributed by atoms with Crippen molar-refractivity contribution >= 4 is 22.9 Å². The summed E-state index contributed by atoms with van der Waals surface area (Å²) in [5.74, 6) is -0.990. The number of hydrogen-bond acceptors (Lipinski definition) is 3. The van der Waals surface area contributed by atoms with Crippen molar-refractivity contribution < 1.29 is 18.3 Å². The fourth-order valence-corrected chi connectivity index (χ4v) is 6.79. The zero-order valence-corrected chi connectivity index (χ0v) is 19.6. The quantitative estimate of drug-likeness (QED) is 0.378. The maximum Gasteiger partial charge on any atom is 0.330 e. The van der Waals surface area contributed by atoms with Crippen LogP contribution < -0.4 is 0 Å². The molecule has 1 aliphatic heterocycles. The lowest BCUT2D eigenvalue weighted by Crippen LogP contribution is -2.71. The molecule has 2 heterocycles. The normalized spacial score (nSPS) is 28.0. The monoisotopic (exact) mass is 462 g/mol. The van der Waals surface area contributed by atoms with E-state index < -0.39 is 23.6 Å². The SMILES string of the molecule is COC(=O)/C=C/c1cc(F)c([C@@H]2c3c(c4ccccc4n3C)C[C@@H](C)N2C23CC(C2)C3)c(F)c1. The number of rotatable bonds is 4. The van der Waals surface area contributed by atoms with Gasteiger partial charge >= 0.3 is 5.97 Å². The molecule has 2 bridgehead atoms. The van der Waals surface area contributed by atoms with Gasteiger partial charge in [0.25, 0.3) is 0 Å². The Morgan fingerprint density at radius 1 is 1.15 bits per heavy atom. The molecule has 34 heavy (non-hydrogen) atoms. The fourth-order valence-electron chi connectivity index (χ4n) is 6.79. The first-order valence-electron chi connectivity index (χ1n) is 11.9. The van der Waals surface area contributed by atoms with Crippen LogP contribution in [-0.2, 0) is 23.0 Å². The second-order valence-corrected chi connectivity index (χ2v) is 10.3. The van der Waals surface area contributed by atoms with Crippen molar-refractivity contribution in [2.24, 2.45) is 13.0 Å². The summed E-state index contributed by atoms with van der Waals surface area (Å²) in [6, 6.07) is 10.5. The largest absolute Gasteiger partial charge is 0.466 e. The molecule has 2 aromatic carbocycles. The van der Waals surface area contributed by atoms with Crippen molar-refractivity contribution in [3.8, 4) is 0 Å². The number of aryl methyl sites for hydroxylation is 1. The van der Waals surface area contributed by atoms with E-state index in [0.29, 0.717) is 5.56 Å². The van der Waals surface area contributed by atoms with Gasteiger partial charge in [-0.3, -0.25) is 4.90 Å². The minimum Gasteiger partial charge on any atom is -0.466 e. The van der Waals surface area contributed by atoms with E-state index in [2.05, 4.69) is 33.3 Å². The molecular weight excluding hydrogens is 434 g/mol. The summed E-state index contributed by atoms with van der Waals surface area (Å²) >= 11 is 0. The molecule has 0 radical (unpaired) electrons. The Morgan fingerprint density at radius 3 is 2.44 bits per heavy atom. The highest BCUT2D eigenvalue weighted by atomic mass is 19.1. The summed E-state index contributed by atoms with van der Waals surface area (Å²) in [5, 5.41) is 1.16. The van der Waals surface area contributed by atoms with Crippen LogP contribution in [0.4, 0.5) is 8.78 Å². The van der Waals surface area contributed by atoms with Crippen molar-refractivity contribution in [3.05, 3.63) is 76.5 Å². The molecule has 0 amide bonds. The van der Waals surface area contributed by atoms with Gasteiger partial charge in [0, 0.05) is 46.9 Å². The van der Waals surface area contributed by atoms with Crippen LogP contribution in [0.3, 0.4) is 0 Å². The Labute approximate surface area is 197 Å². The Balaban J connectivity index is 1.55. The number of benzene rings is 2. The van der Waals surface area contributed by atoms with Crippen LogP contribution in [0.2, 0.25) is 0 Å². The lowest BCUT2D eigenvalue weighted by Gasteiger charge is -2.70. The number of carbonyl (C=O) groups excluding carboxylic acids is 1. The maximum absolute atomic E-state index is 15.8.